The maximum Gasteiger partial charge on any atom is 0.256 e. The van der Waals surface area contributed by atoms with Crippen LogP contribution in [-0.2, 0) is 0 Å². The average molecular weight is 405 g/mol. The number of carbonyl (C=O) groups excluding carboxylic acids is 2. The summed E-state index contributed by atoms with van der Waals surface area (Å²) in [5.41, 5.74) is 2.20. The Balaban J connectivity index is 1.26. The first-order valence-electron chi connectivity index (χ1n) is 10.2. The van der Waals surface area contributed by atoms with Crippen molar-refractivity contribution in [1.82, 2.24) is 14.8 Å². The van der Waals surface area contributed by atoms with E-state index in [2.05, 4.69) is 4.98 Å². The van der Waals surface area contributed by atoms with Crippen molar-refractivity contribution >= 4 is 22.7 Å². The summed E-state index contributed by atoms with van der Waals surface area (Å²) in [7, 11) is 0. The van der Waals surface area contributed by atoms with Gasteiger partial charge in [0.05, 0.1) is 18.8 Å². The number of rotatable bonds is 2. The summed E-state index contributed by atoms with van der Waals surface area (Å²) in [4.78, 5) is 32.7. The van der Waals surface area contributed by atoms with Crippen LogP contribution in [0, 0.1) is 0 Å². The number of carbonyl (C=O) groups is 2. The highest BCUT2D eigenvalue weighted by molar-refractivity contribution is 6.06. The van der Waals surface area contributed by atoms with Gasteiger partial charge in [0.1, 0.15) is 0 Å². The zero-order valence-corrected chi connectivity index (χ0v) is 16.6. The number of hydrogen-bond donors (Lipinski definition) is 1. The van der Waals surface area contributed by atoms with Gasteiger partial charge in [0.2, 0.25) is 0 Å². The maximum atomic E-state index is 13.0. The van der Waals surface area contributed by atoms with Crippen LogP contribution in [0.15, 0.2) is 48.7 Å². The summed E-state index contributed by atoms with van der Waals surface area (Å²) in [5, 5.41) is 0.924. The van der Waals surface area contributed by atoms with Crippen molar-refractivity contribution in [1.29, 1.82) is 0 Å². The Hall–Kier alpha value is -3.48. The topological polar surface area (TPSA) is 74.9 Å². The number of para-hydroxylation sites is 1. The van der Waals surface area contributed by atoms with Crippen molar-refractivity contribution in [2.75, 3.05) is 39.4 Å². The highest BCUT2D eigenvalue weighted by Gasteiger charge is 2.27. The van der Waals surface area contributed by atoms with Crippen LogP contribution in [0.2, 0.25) is 0 Å². The van der Waals surface area contributed by atoms with Crippen LogP contribution in [0.5, 0.6) is 11.5 Å². The summed E-state index contributed by atoms with van der Waals surface area (Å²) in [5.74, 6) is 1.24. The molecule has 2 aromatic carbocycles. The summed E-state index contributed by atoms with van der Waals surface area (Å²) in [6.07, 6.45) is 2.59. The van der Waals surface area contributed by atoms with Crippen molar-refractivity contribution in [3.8, 4) is 11.5 Å². The molecule has 0 atom stereocenters. The molecule has 7 nitrogen and oxygen atoms in total. The highest BCUT2D eigenvalue weighted by atomic mass is 16.5. The lowest BCUT2D eigenvalue weighted by Crippen LogP contribution is -2.50. The number of benzene rings is 2. The van der Waals surface area contributed by atoms with Gasteiger partial charge < -0.3 is 24.3 Å². The van der Waals surface area contributed by atoms with Gasteiger partial charge in [0.15, 0.2) is 11.5 Å². The van der Waals surface area contributed by atoms with Crippen LogP contribution in [0.1, 0.15) is 27.1 Å². The molecular formula is C23H23N3O4. The van der Waals surface area contributed by atoms with Gasteiger partial charge in [-0.25, -0.2) is 0 Å². The molecular weight excluding hydrogens is 382 g/mol. The molecule has 1 saturated heterocycles. The standard InChI is InChI=1S/C23H23N3O4/c27-22(16-6-7-20-21(14-16)30-13-3-12-29-20)25-8-10-26(11-9-25)23(28)18-15-24-19-5-2-1-4-17(18)19/h1-2,4-7,14-15,24H,3,8-13H2. The van der Waals surface area contributed by atoms with Gasteiger partial charge in [-0.2, -0.15) is 0 Å². The highest BCUT2D eigenvalue weighted by Crippen LogP contribution is 2.31. The van der Waals surface area contributed by atoms with Crippen LogP contribution < -0.4 is 9.47 Å². The quantitative estimate of drug-likeness (QED) is 0.711. The lowest BCUT2D eigenvalue weighted by Gasteiger charge is -2.34. The third kappa shape index (κ3) is 3.36. The Morgan fingerprint density at radius 3 is 2.33 bits per heavy atom. The third-order valence-electron chi connectivity index (χ3n) is 5.67. The van der Waals surface area contributed by atoms with E-state index in [1.165, 1.54) is 0 Å². The molecule has 0 radical (unpaired) electrons. The van der Waals surface area contributed by atoms with E-state index in [1.54, 1.807) is 29.3 Å². The smallest absolute Gasteiger partial charge is 0.256 e. The summed E-state index contributed by atoms with van der Waals surface area (Å²) in [6.45, 7) is 3.22. The van der Waals surface area contributed by atoms with E-state index in [4.69, 9.17) is 9.47 Å². The van der Waals surface area contributed by atoms with Gasteiger partial charge in [0, 0.05) is 55.3 Å². The molecule has 1 fully saturated rings. The number of fused-ring (bicyclic) bond motifs is 2. The molecule has 2 aliphatic rings. The Kier molecular flexibility index (Phi) is 4.78. The number of ether oxygens (including phenoxy) is 2. The molecule has 30 heavy (non-hydrogen) atoms. The minimum atomic E-state index is -0.0511. The Bertz CT molecular complexity index is 1100. The lowest BCUT2D eigenvalue weighted by atomic mass is 10.1. The number of piperazine rings is 1. The van der Waals surface area contributed by atoms with E-state index in [1.807, 2.05) is 29.2 Å². The molecule has 3 aromatic rings. The van der Waals surface area contributed by atoms with E-state index in [-0.39, 0.29) is 11.8 Å². The van der Waals surface area contributed by atoms with E-state index < -0.39 is 0 Å². The van der Waals surface area contributed by atoms with E-state index in [0.29, 0.717) is 62.0 Å². The number of aromatic amines is 1. The molecule has 0 unspecified atom stereocenters. The molecule has 1 aromatic heterocycles. The van der Waals surface area contributed by atoms with Crippen LogP contribution in [0.4, 0.5) is 0 Å². The van der Waals surface area contributed by atoms with Gasteiger partial charge in [-0.1, -0.05) is 18.2 Å². The van der Waals surface area contributed by atoms with Crippen molar-refractivity contribution < 1.29 is 19.1 Å². The molecule has 2 aliphatic heterocycles. The van der Waals surface area contributed by atoms with E-state index in [9.17, 15) is 9.59 Å². The maximum absolute atomic E-state index is 13.0. The number of nitrogens with zero attached hydrogens (tertiary/aromatic N) is 2. The van der Waals surface area contributed by atoms with Crippen molar-refractivity contribution in [3.63, 3.8) is 0 Å². The Morgan fingerprint density at radius 2 is 1.53 bits per heavy atom. The van der Waals surface area contributed by atoms with Gasteiger partial charge in [-0.05, 0) is 24.3 Å². The molecule has 0 aliphatic carbocycles. The first-order chi connectivity index (χ1) is 14.7. The second-order valence-electron chi connectivity index (χ2n) is 7.54. The normalized spacial score (nSPS) is 16.4. The first kappa shape index (κ1) is 18.5. The monoisotopic (exact) mass is 405 g/mol. The predicted octanol–water partition coefficient (Wildman–Crippen LogP) is 2.93. The second-order valence-corrected chi connectivity index (χ2v) is 7.54. The zero-order chi connectivity index (χ0) is 20.5. The van der Waals surface area contributed by atoms with Gasteiger partial charge in [-0.15, -0.1) is 0 Å². The molecule has 2 amide bonds. The van der Waals surface area contributed by atoms with Gasteiger partial charge >= 0.3 is 0 Å². The molecule has 3 heterocycles. The second kappa shape index (κ2) is 7.74. The molecule has 7 heteroatoms. The zero-order valence-electron chi connectivity index (χ0n) is 16.6. The lowest BCUT2D eigenvalue weighted by molar-refractivity contribution is 0.0536. The molecule has 0 saturated carbocycles. The van der Waals surface area contributed by atoms with E-state index in [0.717, 1.165) is 17.3 Å². The third-order valence-corrected chi connectivity index (χ3v) is 5.67. The summed E-state index contributed by atoms with van der Waals surface area (Å²) >= 11 is 0. The van der Waals surface area contributed by atoms with Crippen LogP contribution in [0.3, 0.4) is 0 Å². The van der Waals surface area contributed by atoms with Crippen molar-refractivity contribution in [2.24, 2.45) is 0 Å². The first-order valence-corrected chi connectivity index (χ1v) is 10.2. The molecule has 0 spiro atoms. The Morgan fingerprint density at radius 1 is 0.833 bits per heavy atom. The summed E-state index contributed by atoms with van der Waals surface area (Å²) in [6, 6.07) is 13.1. The number of aromatic nitrogens is 1. The van der Waals surface area contributed by atoms with Crippen LogP contribution >= 0.6 is 0 Å². The Labute approximate surface area is 174 Å². The molecule has 154 valence electrons. The molecule has 1 N–H and O–H groups in total. The minimum absolute atomic E-state index is 0.00451. The van der Waals surface area contributed by atoms with Gasteiger partial charge in [0.25, 0.3) is 11.8 Å². The fourth-order valence-corrected chi connectivity index (χ4v) is 4.01. The molecule has 0 bridgehead atoms. The van der Waals surface area contributed by atoms with Crippen LogP contribution in [0.25, 0.3) is 10.9 Å². The number of amides is 2. The largest absolute Gasteiger partial charge is 0.490 e. The van der Waals surface area contributed by atoms with Gasteiger partial charge in [-0.3, -0.25) is 9.59 Å². The minimum Gasteiger partial charge on any atom is -0.490 e. The van der Waals surface area contributed by atoms with Crippen molar-refractivity contribution in [3.05, 3.63) is 59.8 Å². The SMILES string of the molecule is O=C(c1ccc2c(c1)OCCCO2)N1CCN(C(=O)c2c[nH]c3ccccc23)CC1. The average Bonchev–Trinajstić information content (AvgIpc) is 3.08. The van der Waals surface area contributed by atoms with Crippen molar-refractivity contribution in [2.45, 2.75) is 6.42 Å². The number of nitrogens with one attached hydrogen (secondary N) is 1. The number of hydrogen-bond acceptors (Lipinski definition) is 4. The fraction of sp³-hybridized carbons (Fsp3) is 0.304. The fourth-order valence-electron chi connectivity index (χ4n) is 4.01. The predicted molar refractivity (Wildman–Crippen MR) is 112 cm³/mol. The summed E-state index contributed by atoms with van der Waals surface area (Å²) < 4.78 is 11.3. The number of H-pyrrole nitrogens is 1. The van der Waals surface area contributed by atoms with E-state index >= 15 is 0 Å². The van der Waals surface area contributed by atoms with Crippen LogP contribution in [-0.4, -0.2) is 66.0 Å². The molecule has 5 rings (SSSR count).